The van der Waals surface area contributed by atoms with Gasteiger partial charge in [-0.25, -0.2) is 9.97 Å². The molecule has 1 amide bonds. The molecule has 88 valence electrons. The Morgan fingerprint density at radius 2 is 1.88 bits per heavy atom. The van der Waals surface area contributed by atoms with Crippen LogP contribution < -0.4 is 11.1 Å². The third kappa shape index (κ3) is 3.27. The molecule has 1 atom stereocenters. The molecule has 0 saturated carbocycles. The number of hydrogen-bond donors (Lipinski definition) is 2. The topological polar surface area (TPSA) is 80.9 Å². The molecule has 0 radical (unpaired) electrons. The molecule has 0 aliphatic heterocycles. The molecule has 0 aliphatic carbocycles. The van der Waals surface area contributed by atoms with Crippen molar-refractivity contribution in [3.63, 3.8) is 0 Å². The fourth-order valence-corrected chi connectivity index (χ4v) is 1.04. The van der Waals surface area contributed by atoms with Crippen molar-refractivity contribution >= 4 is 11.6 Å². The molecule has 16 heavy (non-hydrogen) atoms. The number of nitrogens with one attached hydrogen (secondary N) is 1. The Morgan fingerprint density at radius 1 is 1.38 bits per heavy atom. The molecule has 5 nitrogen and oxygen atoms in total. The number of nitrogens with zero attached hydrogens (tertiary/aromatic N) is 2. The molecule has 3 N–H and O–H groups in total. The Morgan fingerprint density at radius 3 is 2.25 bits per heavy atom. The van der Waals surface area contributed by atoms with E-state index in [0.29, 0.717) is 5.69 Å². The van der Waals surface area contributed by atoms with E-state index < -0.39 is 6.04 Å². The van der Waals surface area contributed by atoms with Gasteiger partial charge in [0.25, 0.3) is 0 Å². The van der Waals surface area contributed by atoms with Crippen molar-refractivity contribution in [2.75, 3.05) is 5.32 Å². The maximum absolute atomic E-state index is 11.3. The Bertz CT molecular complexity index is 365. The lowest BCUT2D eigenvalue weighted by molar-refractivity contribution is -0.117. The molecule has 1 heterocycles. The molecular formula is C11H18N4O. The largest absolute Gasteiger partial charge is 0.322 e. The minimum Gasteiger partial charge on any atom is -0.322 e. The first-order chi connectivity index (χ1) is 7.30. The summed E-state index contributed by atoms with van der Waals surface area (Å²) in [5.41, 5.74) is 5.90. The highest BCUT2D eigenvalue weighted by atomic mass is 16.2. The van der Waals surface area contributed by atoms with Gasteiger partial charge in [0.05, 0.1) is 24.1 Å². The van der Waals surface area contributed by atoms with Crippen LogP contribution in [0.5, 0.6) is 0 Å². The lowest BCUT2D eigenvalue weighted by atomic mass is 9.96. The van der Waals surface area contributed by atoms with Crippen molar-refractivity contribution in [1.82, 2.24) is 9.97 Å². The van der Waals surface area contributed by atoms with Crippen LogP contribution in [-0.4, -0.2) is 21.9 Å². The van der Waals surface area contributed by atoms with E-state index in [1.165, 1.54) is 0 Å². The highest BCUT2D eigenvalue weighted by Gasteiger charge is 2.17. The number of carbonyl (C=O) groups excluding carboxylic acids is 1. The second-order valence-electron chi connectivity index (χ2n) is 4.82. The van der Waals surface area contributed by atoms with Crippen LogP contribution in [0.25, 0.3) is 0 Å². The molecule has 0 fully saturated rings. The molecule has 1 aromatic heterocycles. The summed E-state index contributed by atoms with van der Waals surface area (Å²) in [5, 5.41) is 2.63. The molecule has 0 unspecified atom stereocenters. The van der Waals surface area contributed by atoms with E-state index in [9.17, 15) is 4.79 Å². The second-order valence-corrected chi connectivity index (χ2v) is 4.82. The number of aromatic nitrogens is 2. The van der Waals surface area contributed by atoms with E-state index in [1.807, 2.05) is 20.8 Å². The van der Waals surface area contributed by atoms with Gasteiger partial charge in [0.2, 0.25) is 5.91 Å². The Balaban J connectivity index is 2.76. The fourth-order valence-electron chi connectivity index (χ4n) is 1.04. The molecule has 0 spiro atoms. The summed E-state index contributed by atoms with van der Waals surface area (Å²) in [6, 6.07) is -0.540. The summed E-state index contributed by atoms with van der Waals surface area (Å²) in [6.45, 7) is 7.72. The summed E-state index contributed by atoms with van der Waals surface area (Å²) in [7, 11) is 0. The zero-order valence-electron chi connectivity index (χ0n) is 10.1. The third-order valence-electron chi connectivity index (χ3n) is 2.00. The van der Waals surface area contributed by atoms with Crippen molar-refractivity contribution in [2.45, 2.75) is 39.2 Å². The predicted molar refractivity (Wildman–Crippen MR) is 63.0 cm³/mol. The van der Waals surface area contributed by atoms with Gasteiger partial charge in [-0.15, -0.1) is 0 Å². The van der Waals surface area contributed by atoms with Gasteiger partial charge in [0.1, 0.15) is 5.82 Å². The van der Waals surface area contributed by atoms with Gasteiger partial charge in [-0.1, -0.05) is 20.8 Å². The number of rotatable bonds is 2. The molecule has 0 aromatic carbocycles. The zero-order chi connectivity index (χ0) is 12.3. The quantitative estimate of drug-likeness (QED) is 0.784. The molecular weight excluding hydrogens is 204 g/mol. The minimum absolute atomic E-state index is 0.0936. The van der Waals surface area contributed by atoms with Gasteiger partial charge in [-0.2, -0.15) is 0 Å². The minimum atomic E-state index is -0.540. The highest BCUT2D eigenvalue weighted by Crippen LogP contribution is 2.18. The van der Waals surface area contributed by atoms with Gasteiger partial charge >= 0.3 is 0 Å². The van der Waals surface area contributed by atoms with Crippen molar-refractivity contribution in [1.29, 1.82) is 0 Å². The number of nitrogens with two attached hydrogens (primary N) is 1. The Kier molecular flexibility index (Phi) is 3.59. The number of amides is 1. The van der Waals surface area contributed by atoms with Crippen LogP contribution >= 0.6 is 0 Å². The summed E-state index contributed by atoms with van der Waals surface area (Å²) in [6.07, 6.45) is 3.18. The lowest BCUT2D eigenvalue weighted by Crippen LogP contribution is -2.32. The van der Waals surface area contributed by atoms with Crippen LogP contribution in [0.2, 0.25) is 0 Å². The van der Waals surface area contributed by atoms with Crippen LogP contribution in [0.1, 0.15) is 33.5 Å². The van der Waals surface area contributed by atoms with Crippen LogP contribution in [0, 0.1) is 0 Å². The number of carbonyl (C=O) groups is 1. The van der Waals surface area contributed by atoms with Crippen LogP contribution in [0.15, 0.2) is 12.4 Å². The first-order valence-electron chi connectivity index (χ1n) is 5.19. The zero-order valence-corrected chi connectivity index (χ0v) is 10.1. The Labute approximate surface area is 95.5 Å². The van der Waals surface area contributed by atoms with E-state index >= 15 is 0 Å². The van der Waals surface area contributed by atoms with Crippen molar-refractivity contribution in [3.8, 4) is 0 Å². The summed E-state index contributed by atoms with van der Waals surface area (Å²) in [5.74, 6) is 0.499. The molecule has 0 aliphatic rings. The highest BCUT2D eigenvalue weighted by molar-refractivity contribution is 5.94. The maximum atomic E-state index is 11.3. The molecule has 1 aromatic rings. The first kappa shape index (κ1) is 12.6. The number of anilines is 1. The molecule has 5 heteroatoms. The smallest absolute Gasteiger partial charge is 0.241 e. The van der Waals surface area contributed by atoms with Crippen LogP contribution in [-0.2, 0) is 10.2 Å². The normalized spacial score (nSPS) is 13.3. The molecule has 0 bridgehead atoms. The van der Waals surface area contributed by atoms with Crippen molar-refractivity contribution in [3.05, 3.63) is 18.2 Å². The van der Waals surface area contributed by atoms with Crippen LogP contribution in [0.4, 0.5) is 5.69 Å². The first-order valence-corrected chi connectivity index (χ1v) is 5.19. The monoisotopic (exact) mass is 222 g/mol. The van der Waals surface area contributed by atoms with E-state index in [4.69, 9.17) is 5.73 Å². The van der Waals surface area contributed by atoms with Gasteiger partial charge in [0.15, 0.2) is 0 Å². The maximum Gasteiger partial charge on any atom is 0.241 e. The van der Waals surface area contributed by atoms with E-state index in [-0.39, 0.29) is 11.3 Å². The van der Waals surface area contributed by atoms with E-state index in [0.717, 1.165) is 5.82 Å². The summed E-state index contributed by atoms with van der Waals surface area (Å²) in [4.78, 5) is 19.7. The van der Waals surface area contributed by atoms with Crippen LogP contribution in [0.3, 0.4) is 0 Å². The van der Waals surface area contributed by atoms with Crippen molar-refractivity contribution in [2.24, 2.45) is 5.73 Å². The van der Waals surface area contributed by atoms with Gasteiger partial charge in [-0.05, 0) is 6.92 Å². The SMILES string of the molecule is C[C@@H](N)C(=O)Nc1cnc(C(C)(C)C)nc1. The third-order valence-corrected chi connectivity index (χ3v) is 2.00. The standard InChI is InChI=1S/C11H18N4O/c1-7(12)9(16)15-8-5-13-10(14-6-8)11(2,3)4/h5-7H,12H2,1-4H3,(H,15,16)/t7-/m1/s1. The lowest BCUT2D eigenvalue weighted by Gasteiger charge is -2.16. The Hall–Kier alpha value is -1.49. The average Bonchev–Trinajstić information content (AvgIpc) is 2.17. The molecule has 0 saturated heterocycles. The van der Waals surface area contributed by atoms with Gasteiger partial charge < -0.3 is 11.1 Å². The second kappa shape index (κ2) is 4.57. The summed E-state index contributed by atoms with van der Waals surface area (Å²) < 4.78 is 0. The average molecular weight is 222 g/mol. The van der Waals surface area contributed by atoms with Gasteiger partial charge in [0, 0.05) is 5.41 Å². The fraction of sp³-hybridized carbons (Fsp3) is 0.545. The van der Waals surface area contributed by atoms with E-state index in [2.05, 4.69) is 15.3 Å². The summed E-state index contributed by atoms with van der Waals surface area (Å²) >= 11 is 0. The van der Waals surface area contributed by atoms with Gasteiger partial charge in [-0.3, -0.25) is 4.79 Å². The van der Waals surface area contributed by atoms with E-state index in [1.54, 1.807) is 19.3 Å². The molecule has 1 rings (SSSR count). The van der Waals surface area contributed by atoms with Crippen molar-refractivity contribution < 1.29 is 4.79 Å². The number of hydrogen-bond acceptors (Lipinski definition) is 4. The predicted octanol–water partition coefficient (Wildman–Crippen LogP) is 1.06.